The minimum absolute atomic E-state index is 0.00320. The van der Waals surface area contributed by atoms with E-state index in [4.69, 9.17) is 11.6 Å². The van der Waals surface area contributed by atoms with E-state index < -0.39 is 6.04 Å². The molecule has 0 spiro atoms. The van der Waals surface area contributed by atoms with E-state index in [2.05, 4.69) is 5.32 Å². The number of hydrogen-bond donors (Lipinski definition) is 1. The van der Waals surface area contributed by atoms with Crippen molar-refractivity contribution in [2.45, 2.75) is 32.4 Å². The van der Waals surface area contributed by atoms with Gasteiger partial charge in [-0.1, -0.05) is 54.9 Å². The van der Waals surface area contributed by atoms with Gasteiger partial charge in [0.15, 0.2) is 0 Å². The van der Waals surface area contributed by atoms with Gasteiger partial charge in [0.1, 0.15) is 6.04 Å². The van der Waals surface area contributed by atoms with E-state index in [0.29, 0.717) is 24.5 Å². The summed E-state index contributed by atoms with van der Waals surface area (Å²) in [7, 11) is 0. The fraction of sp³-hybridized carbons (Fsp3) is 0.300. The van der Waals surface area contributed by atoms with E-state index in [0.717, 1.165) is 23.1 Å². The van der Waals surface area contributed by atoms with Gasteiger partial charge in [-0.05, 0) is 35.2 Å². The largest absolute Gasteiger partial charge is 0.350 e. The van der Waals surface area contributed by atoms with Crippen molar-refractivity contribution < 1.29 is 9.59 Å². The first-order valence-corrected chi connectivity index (χ1v) is 8.87. The van der Waals surface area contributed by atoms with Crippen LogP contribution < -0.4 is 5.32 Å². The molecule has 130 valence electrons. The molecule has 0 unspecified atom stereocenters. The van der Waals surface area contributed by atoms with Crippen LogP contribution in [-0.4, -0.2) is 23.3 Å². The molecule has 0 aliphatic carbocycles. The van der Waals surface area contributed by atoms with Crippen LogP contribution in [0.2, 0.25) is 5.02 Å². The molecule has 4 nitrogen and oxygen atoms in total. The number of hydrogen-bond acceptors (Lipinski definition) is 2. The van der Waals surface area contributed by atoms with Gasteiger partial charge < -0.3 is 10.2 Å². The predicted molar refractivity (Wildman–Crippen MR) is 98.2 cm³/mol. The van der Waals surface area contributed by atoms with E-state index >= 15 is 0 Å². The molecule has 2 aromatic carbocycles. The number of fused-ring (bicyclic) bond motifs is 1. The molecule has 0 aromatic heterocycles. The Morgan fingerprint density at radius 2 is 2.04 bits per heavy atom. The molecular weight excluding hydrogens is 336 g/mol. The van der Waals surface area contributed by atoms with Gasteiger partial charge in [0.05, 0.1) is 6.42 Å². The highest BCUT2D eigenvalue weighted by molar-refractivity contribution is 6.30. The second kappa shape index (κ2) is 7.70. The number of halogens is 1. The molecule has 1 N–H and O–H groups in total. The van der Waals surface area contributed by atoms with Crippen molar-refractivity contribution in [3.8, 4) is 0 Å². The second-order valence-corrected chi connectivity index (χ2v) is 6.65. The molecule has 0 radical (unpaired) electrons. The third kappa shape index (κ3) is 3.85. The number of nitrogens with zero attached hydrogens (tertiary/aromatic N) is 1. The van der Waals surface area contributed by atoms with Crippen LogP contribution in [0, 0.1) is 0 Å². The van der Waals surface area contributed by atoms with Gasteiger partial charge in [-0.25, -0.2) is 0 Å². The average Bonchev–Trinajstić information content (AvgIpc) is 2.60. The Morgan fingerprint density at radius 1 is 1.24 bits per heavy atom. The normalized spacial score (nSPS) is 16.5. The molecule has 0 fully saturated rings. The monoisotopic (exact) mass is 356 g/mol. The maximum absolute atomic E-state index is 12.9. The highest BCUT2D eigenvalue weighted by Crippen LogP contribution is 2.30. The summed E-state index contributed by atoms with van der Waals surface area (Å²) in [6, 6.07) is 14.5. The molecule has 3 rings (SSSR count). The van der Waals surface area contributed by atoms with E-state index in [-0.39, 0.29) is 11.8 Å². The fourth-order valence-corrected chi connectivity index (χ4v) is 3.46. The van der Waals surface area contributed by atoms with E-state index in [1.165, 1.54) is 0 Å². The fourth-order valence-electron chi connectivity index (χ4n) is 3.25. The van der Waals surface area contributed by atoms with Crippen LogP contribution in [-0.2, 0) is 22.6 Å². The zero-order valence-corrected chi connectivity index (χ0v) is 14.9. The first kappa shape index (κ1) is 17.5. The minimum Gasteiger partial charge on any atom is -0.350 e. The lowest BCUT2D eigenvalue weighted by Gasteiger charge is -2.36. The summed E-state index contributed by atoms with van der Waals surface area (Å²) in [6.45, 7) is 2.96. The van der Waals surface area contributed by atoms with Crippen molar-refractivity contribution in [2.24, 2.45) is 0 Å². The lowest BCUT2D eigenvalue weighted by atomic mass is 9.91. The van der Waals surface area contributed by atoms with Crippen molar-refractivity contribution in [1.29, 1.82) is 0 Å². The minimum atomic E-state index is -0.573. The maximum Gasteiger partial charge on any atom is 0.247 e. The number of rotatable bonds is 5. The maximum atomic E-state index is 12.9. The highest BCUT2D eigenvalue weighted by Gasteiger charge is 2.36. The number of nitrogens with one attached hydrogen (secondary N) is 1. The van der Waals surface area contributed by atoms with Crippen LogP contribution >= 0.6 is 11.6 Å². The van der Waals surface area contributed by atoms with E-state index in [1.807, 2.05) is 49.4 Å². The Bertz CT molecular complexity index is 791. The lowest BCUT2D eigenvalue weighted by Crippen LogP contribution is -2.47. The molecule has 0 bridgehead atoms. The summed E-state index contributed by atoms with van der Waals surface area (Å²) in [4.78, 5) is 27.1. The summed E-state index contributed by atoms with van der Waals surface area (Å²) in [5.74, 6) is -0.155. The standard InChI is InChI=1S/C20H21ClN2O2/c1-2-10-23-18(24)12-15-7-3-4-9-17(15)19(23)20(25)22-13-14-6-5-8-16(21)11-14/h3-9,11,19H,2,10,12-13H2,1H3,(H,22,25)/t19-/m1/s1. The molecular formula is C20H21ClN2O2. The SMILES string of the molecule is CCCN1C(=O)Cc2ccccc2[C@@H]1C(=O)NCc1cccc(Cl)c1. The molecule has 5 heteroatoms. The molecule has 0 saturated carbocycles. The first-order chi connectivity index (χ1) is 12.1. The van der Waals surface area contributed by atoms with Crippen LogP contribution in [0.3, 0.4) is 0 Å². The van der Waals surface area contributed by atoms with Crippen molar-refractivity contribution in [2.75, 3.05) is 6.54 Å². The molecule has 2 amide bonds. The van der Waals surface area contributed by atoms with Gasteiger partial charge in [-0.2, -0.15) is 0 Å². The van der Waals surface area contributed by atoms with Gasteiger partial charge in [0.2, 0.25) is 11.8 Å². The number of benzene rings is 2. The number of carbonyl (C=O) groups excluding carboxylic acids is 2. The number of amides is 2. The van der Waals surface area contributed by atoms with Crippen LogP contribution in [0.5, 0.6) is 0 Å². The zero-order chi connectivity index (χ0) is 17.8. The molecule has 1 atom stereocenters. The first-order valence-electron chi connectivity index (χ1n) is 8.49. The smallest absolute Gasteiger partial charge is 0.247 e. The highest BCUT2D eigenvalue weighted by atomic mass is 35.5. The Kier molecular flexibility index (Phi) is 5.39. The van der Waals surface area contributed by atoms with Crippen LogP contribution in [0.25, 0.3) is 0 Å². The van der Waals surface area contributed by atoms with Crippen LogP contribution in [0.15, 0.2) is 48.5 Å². The third-order valence-electron chi connectivity index (χ3n) is 4.39. The second-order valence-electron chi connectivity index (χ2n) is 6.21. The topological polar surface area (TPSA) is 49.4 Å². The molecule has 0 saturated heterocycles. The molecule has 1 heterocycles. The van der Waals surface area contributed by atoms with E-state index in [1.54, 1.807) is 11.0 Å². The van der Waals surface area contributed by atoms with E-state index in [9.17, 15) is 9.59 Å². The summed E-state index contributed by atoms with van der Waals surface area (Å²) in [6.07, 6.45) is 1.17. The summed E-state index contributed by atoms with van der Waals surface area (Å²) >= 11 is 5.99. The molecule has 1 aliphatic heterocycles. The average molecular weight is 357 g/mol. The Balaban J connectivity index is 1.83. The summed E-state index contributed by atoms with van der Waals surface area (Å²) in [5, 5.41) is 3.59. The van der Waals surface area contributed by atoms with Crippen LogP contribution in [0.4, 0.5) is 0 Å². The summed E-state index contributed by atoms with van der Waals surface area (Å²) < 4.78 is 0. The van der Waals surface area contributed by atoms with Crippen LogP contribution in [0.1, 0.15) is 36.1 Å². The zero-order valence-electron chi connectivity index (χ0n) is 14.2. The molecule has 25 heavy (non-hydrogen) atoms. The summed E-state index contributed by atoms with van der Waals surface area (Å²) in [5.41, 5.74) is 2.78. The number of carbonyl (C=O) groups is 2. The van der Waals surface area contributed by atoms with Gasteiger partial charge in [0, 0.05) is 18.1 Å². The molecule has 1 aliphatic rings. The van der Waals surface area contributed by atoms with Crippen molar-refractivity contribution >= 4 is 23.4 Å². The van der Waals surface area contributed by atoms with Crippen molar-refractivity contribution in [1.82, 2.24) is 10.2 Å². The Morgan fingerprint density at radius 3 is 2.80 bits per heavy atom. The van der Waals surface area contributed by atoms with Gasteiger partial charge in [-0.15, -0.1) is 0 Å². The molecule has 2 aromatic rings. The quantitative estimate of drug-likeness (QED) is 0.891. The predicted octanol–water partition coefficient (Wildman–Crippen LogP) is 3.49. The van der Waals surface area contributed by atoms with Crippen molar-refractivity contribution in [3.05, 3.63) is 70.2 Å². The Hall–Kier alpha value is -2.33. The van der Waals surface area contributed by atoms with Gasteiger partial charge >= 0.3 is 0 Å². The van der Waals surface area contributed by atoms with Gasteiger partial charge in [0.25, 0.3) is 0 Å². The third-order valence-corrected chi connectivity index (χ3v) is 4.63. The van der Waals surface area contributed by atoms with Gasteiger partial charge in [-0.3, -0.25) is 9.59 Å². The Labute approximate surface area is 152 Å². The van der Waals surface area contributed by atoms with Crippen molar-refractivity contribution in [3.63, 3.8) is 0 Å². The lowest BCUT2D eigenvalue weighted by molar-refractivity contribution is -0.141.